The molecule has 0 spiro atoms. The summed E-state index contributed by atoms with van der Waals surface area (Å²) in [6, 6.07) is 16.3. The maximum Gasteiger partial charge on any atom is 0.407 e. The highest BCUT2D eigenvalue weighted by atomic mass is 16.5. The topological polar surface area (TPSA) is 75.6 Å². The number of hydrogen-bond donors (Lipinski definition) is 2. The highest BCUT2D eigenvalue weighted by molar-refractivity contribution is 5.77. The van der Waals surface area contributed by atoms with Crippen LogP contribution in [-0.4, -0.2) is 17.2 Å². The van der Waals surface area contributed by atoms with Gasteiger partial charge in [0, 0.05) is 0 Å². The Labute approximate surface area is 166 Å². The van der Waals surface area contributed by atoms with Gasteiger partial charge in [0.25, 0.3) is 0 Å². The molecule has 0 radical (unpaired) electrons. The molecule has 0 aliphatic rings. The van der Waals surface area contributed by atoms with Crippen LogP contribution in [0.15, 0.2) is 54.6 Å². The number of alkyl carbamates (subject to hydrolysis) is 1. The van der Waals surface area contributed by atoms with E-state index in [1.54, 1.807) is 13.8 Å². The Balaban J connectivity index is 2.20. The highest BCUT2D eigenvalue weighted by Gasteiger charge is 2.39. The van der Waals surface area contributed by atoms with Crippen molar-refractivity contribution in [2.45, 2.75) is 52.7 Å². The number of carboxylic acids is 1. The summed E-state index contributed by atoms with van der Waals surface area (Å²) in [5, 5.41) is 12.4. The van der Waals surface area contributed by atoms with Crippen molar-refractivity contribution in [3.8, 4) is 0 Å². The van der Waals surface area contributed by atoms with Crippen LogP contribution in [0.3, 0.4) is 0 Å². The molecule has 0 bridgehead atoms. The van der Waals surface area contributed by atoms with E-state index in [0.717, 1.165) is 16.7 Å². The van der Waals surface area contributed by atoms with E-state index >= 15 is 0 Å². The lowest BCUT2D eigenvalue weighted by molar-refractivity contribution is -0.148. The minimum Gasteiger partial charge on any atom is -0.481 e. The third-order valence-corrected chi connectivity index (χ3v) is 4.86. The molecule has 0 saturated heterocycles. The molecule has 150 valence electrons. The predicted octanol–water partition coefficient (Wildman–Crippen LogP) is 5.06. The van der Waals surface area contributed by atoms with E-state index in [1.807, 2.05) is 54.6 Å². The molecule has 0 aliphatic heterocycles. The van der Waals surface area contributed by atoms with E-state index in [9.17, 15) is 14.7 Å². The van der Waals surface area contributed by atoms with E-state index in [0.29, 0.717) is 0 Å². The van der Waals surface area contributed by atoms with Crippen LogP contribution in [0.4, 0.5) is 4.79 Å². The van der Waals surface area contributed by atoms with E-state index < -0.39 is 23.5 Å². The van der Waals surface area contributed by atoms with Gasteiger partial charge in [-0.1, -0.05) is 75.4 Å². The zero-order chi connectivity index (χ0) is 20.9. The highest BCUT2D eigenvalue weighted by Crippen LogP contribution is 2.35. The van der Waals surface area contributed by atoms with E-state index in [-0.39, 0.29) is 12.0 Å². The summed E-state index contributed by atoms with van der Waals surface area (Å²) in [4.78, 5) is 24.2. The number of ether oxygens (including phenoxy) is 1. The summed E-state index contributed by atoms with van der Waals surface area (Å²) in [7, 11) is 0. The Morgan fingerprint density at radius 3 is 2.04 bits per heavy atom. The first kappa shape index (κ1) is 21.5. The second kappa shape index (κ2) is 8.46. The summed E-state index contributed by atoms with van der Waals surface area (Å²) in [5.74, 6) is -0.999. The van der Waals surface area contributed by atoms with Crippen molar-refractivity contribution in [1.29, 1.82) is 0 Å². The lowest BCUT2D eigenvalue weighted by Gasteiger charge is -2.31. The molecule has 1 atom stereocenters. The molecule has 1 amide bonds. The molecular formula is C23H29NO4. The Morgan fingerprint density at radius 1 is 0.964 bits per heavy atom. The molecule has 2 aromatic rings. The molecule has 5 heteroatoms. The average molecular weight is 383 g/mol. The van der Waals surface area contributed by atoms with Gasteiger partial charge in [0.2, 0.25) is 0 Å². The van der Waals surface area contributed by atoms with Crippen molar-refractivity contribution in [2.24, 2.45) is 5.41 Å². The van der Waals surface area contributed by atoms with Crippen molar-refractivity contribution in [1.82, 2.24) is 5.32 Å². The molecular weight excluding hydrogens is 354 g/mol. The summed E-state index contributed by atoms with van der Waals surface area (Å²) >= 11 is 0. The molecule has 0 unspecified atom stereocenters. The quantitative estimate of drug-likeness (QED) is 0.731. The van der Waals surface area contributed by atoms with Crippen LogP contribution in [0, 0.1) is 5.41 Å². The number of hydrogen-bond acceptors (Lipinski definition) is 3. The fraction of sp³-hybridized carbons (Fsp3) is 0.391. The van der Waals surface area contributed by atoms with E-state index in [1.165, 1.54) is 0 Å². The van der Waals surface area contributed by atoms with Gasteiger partial charge < -0.3 is 15.2 Å². The smallest absolute Gasteiger partial charge is 0.407 e. The average Bonchev–Trinajstić information content (AvgIpc) is 2.64. The maximum atomic E-state index is 12.4. The number of carbonyl (C=O) groups excluding carboxylic acids is 1. The van der Waals surface area contributed by atoms with Gasteiger partial charge in [-0.25, -0.2) is 4.79 Å². The largest absolute Gasteiger partial charge is 0.481 e. The molecule has 0 aromatic heterocycles. The summed E-state index contributed by atoms with van der Waals surface area (Å²) in [5.41, 5.74) is 1.49. The van der Waals surface area contributed by atoms with Crippen LogP contribution in [-0.2, 0) is 21.6 Å². The summed E-state index contributed by atoms with van der Waals surface area (Å²) in [6.45, 7) is 9.64. The van der Waals surface area contributed by atoms with Crippen molar-refractivity contribution >= 4 is 12.1 Å². The van der Waals surface area contributed by atoms with Crippen LogP contribution in [0.25, 0.3) is 0 Å². The normalized spacial score (nSPS) is 12.9. The number of amides is 1. The standard InChI is InChI=1S/C23H29NO4/c1-22(2,3)18-13-11-17(12-14-18)19(23(4,5)20(25)26)24-21(27)28-15-16-9-7-6-8-10-16/h6-14,19H,15H2,1-5H3,(H,24,27)(H,25,26)/t19-/m1/s1. The van der Waals surface area contributed by atoms with Crippen molar-refractivity contribution in [3.05, 3.63) is 71.3 Å². The minimum atomic E-state index is -1.21. The number of benzene rings is 2. The monoisotopic (exact) mass is 383 g/mol. The van der Waals surface area contributed by atoms with Crippen LogP contribution in [0.2, 0.25) is 0 Å². The molecule has 28 heavy (non-hydrogen) atoms. The maximum absolute atomic E-state index is 12.4. The first-order valence-electron chi connectivity index (χ1n) is 9.33. The molecule has 2 N–H and O–H groups in total. The molecule has 0 fully saturated rings. The van der Waals surface area contributed by atoms with Gasteiger partial charge in [0.1, 0.15) is 6.61 Å². The first-order valence-corrected chi connectivity index (χ1v) is 9.33. The number of nitrogens with one attached hydrogen (secondary N) is 1. The number of aliphatic carboxylic acids is 1. The SMILES string of the molecule is CC(C)(C)c1ccc([C@@H](NC(=O)OCc2ccccc2)C(C)(C)C(=O)O)cc1. The molecule has 0 aliphatic carbocycles. The van der Waals surface area contributed by atoms with Crippen LogP contribution in [0.5, 0.6) is 0 Å². The Bertz CT molecular complexity index is 805. The molecule has 0 heterocycles. The first-order chi connectivity index (χ1) is 13.0. The molecule has 2 rings (SSSR count). The minimum absolute atomic E-state index is 0.0155. The molecule has 0 saturated carbocycles. The van der Waals surface area contributed by atoms with Crippen molar-refractivity contribution < 1.29 is 19.4 Å². The van der Waals surface area contributed by atoms with Gasteiger partial charge in [-0.2, -0.15) is 0 Å². The Hall–Kier alpha value is -2.82. The van der Waals surface area contributed by atoms with E-state index in [2.05, 4.69) is 26.1 Å². The number of carbonyl (C=O) groups is 2. The lowest BCUT2D eigenvalue weighted by Crippen LogP contribution is -2.42. The Morgan fingerprint density at radius 2 is 1.54 bits per heavy atom. The molecule has 2 aromatic carbocycles. The van der Waals surface area contributed by atoms with Gasteiger partial charge in [-0.3, -0.25) is 4.79 Å². The van der Waals surface area contributed by atoms with Crippen LogP contribution >= 0.6 is 0 Å². The fourth-order valence-electron chi connectivity index (χ4n) is 2.86. The fourth-order valence-corrected chi connectivity index (χ4v) is 2.86. The van der Waals surface area contributed by atoms with Gasteiger partial charge >= 0.3 is 12.1 Å². The van der Waals surface area contributed by atoms with Gasteiger partial charge in [0.05, 0.1) is 11.5 Å². The zero-order valence-corrected chi connectivity index (χ0v) is 17.2. The second-order valence-electron chi connectivity index (χ2n) is 8.54. The van der Waals surface area contributed by atoms with E-state index in [4.69, 9.17) is 4.74 Å². The van der Waals surface area contributed by atoms with Crippen molar-refractivity contribution in [3.63, 3.8) is 0 Å². The number of carboxylic acid groups (broad SMARTS) is 1. The predicted molar refractivity (Wildman–Crippen MR) is 109 cm³/mol. The van der Waals surface area contributed by atoms with Gasteiger partial charge in [-0.05, 0) is 36.0 Å². The van der Waals surface area contributed by atoms with Gasteiger partial charge in [-0.15, -0.1) is 0 Å². The van der Waals surface area contributed by atoms with Crippen molar-refractivity contribution in [2.75, 3.05) is 0 Å². The van der Waals surface area contributed by atoms with Gasteiger partial charge in [0.15, 0.2) is 0 Å². The summed E-state index contributed by atoms with van der Waals surface area (Å²) < 4.78 is 5.29. The number of rotatable bonds is 6. The van der Waals surface area contributed by atoms with Crippen LogP contribution in [0.1, 0.15) is 57.4 Å². The summed E-state index contributed by atoms with van der Waals surface area (Å²) in [6.07, 6.45) is -0.650. The molecule has 5 nitrogen and oxygen atoms in total. The van der Waals surface area contributed by atoms with Crippen LogP contribution < -0.4 is 5.32 Å². The third kappa shape index (κ3) is 5.35. The third-order valence-electron chi connectivity index (χ3n) is 4.86. The lowest BCUT2D eigenvalue weighted by atomic mass is 9.79. The zero-order valence-electron chi connectivity index (χ0n) is 17.2. The second-order valence-corrected chi connectivity index (χ2v) is 8.54. The Kier molecular flexibility index (Phi) is 6.49.